The zero-order valence-corrected chi connectivity index (χ0v) is 12.9. The van der Waals surface area contributed by atoms with Crippen LogP contribution in [0, 0.1) is 0 Å². The second-order valence-electron chi connectivity index (χ2n) is 5.11. The number of alkyl halides is 3. The molecule has 0 radical (unpaired) electrons. The Hall–Kier alpha value is -1.54. The predicted molar refractivity (Wildman–Crippen MR) is 78.4 cm³/mol. The number of hydrogen-bond donors (Lipinski definition) is 2. The molecule has 0 spiro atoms. The highest BCUT2D eigenvalue weighted by atomic mass is 79.9. The molecule has 0 saturated carbocycles. The van der Waals surface area contributed by atoms with Crippen LogP contribution in [0.15, 0.2) is 34.8 Å². The van der Waals surface area contributed by atoms with Crippen LogP contribution in [0.4, 0.5) is 19.0 Å². The van der Waals surface area contributed by atoms with Crippen LogP contribution < -0.4 is 5.32 Å². The summed E-state index contributed by atoms with van der Waals surface area (Å²) in [5, 5.41) is 16.2. The fraction of sp³-hybridized carbons (Fsp3) is 0.357. The Morgan fingerprint density at radius 1 is 1.32 bits per heavy atom. The molecular formula is C14H13BrF3N3O. The number of anilines is 1. The molecular weight excluding hydrogens is 363 g/mol. The maximum atomic E-state index is 13.4. The molecule has 2 aromatic rings. The molecule has 2 N–H and O–H groups in total. The summed E-state index contributed by atoms with van der Waals surface area (Å²) in [5.41, 5.74) is 0.965. The third-order valence-corrected chi connectivity index (χ3v) is 4.55. The van der Waals surface area contributed by atoms with Crippen LogP contribution in [-0.4, -0.2) is 21.1 Å². The normalized spacial score (nSPS) is 21.3. The molecule has 0 bridgehead atoms. The summed E-state index contributed by atoms with van der Waals surface area (Å²) in [6.07, 6.45) is -4.57. The second kappa shape index (κ2) is 5.58. The van der Waals surface area contributed by atoms with Gasteiger partial charge in [0.1, 0.15) is 11.5 Å². The van der Waals surface area contributed by atoms with Gasteiger partial charge in [0.05, 0.1) is 17.1 Å². The molecule has 8 heteroatoms. The number of aliphatic hydroxyl groups is 1. The van der Waals surface area contributed by atoms with E-state index in [0.29, 0.717) is 4.47 Å². The van der Waals surface area contributed by atoms with Gasteiger partial charge in [-0.3, -0.25) is 0 Å². The highest BCUT2D eigenvalue weighted by molar-refractivity contribution is 9.10. The molecule has 118 valence electrons. The van der Waals surface area contributed by atoms with E-state index >= 15 is 0 Å². The largest absolute Gasteiger partial charge is 0.410 e. The number of halogens is 4. The molecule has 1 aliphatic rings. The number of aromatic nitrogens is 2. The summed E-state index contributed by atoms with van der Waals surface area (Å²) in [6.45, 7) is -0.428. The van der Waals surface area contributed by atoms with Gasteiger partial charge in [0.25, 0.3) is 0 Å². The van der Waals surface area contributed by atoms with Crippen LogP contribution in [0.25, 0.3) is 0 Å². The van der Waals surface area contributed by atoms with E-state index in [0.717, 1.165) is 10.2 Å². The summed E-state index contributed by atoms with van der Waals surface area (Å²) in [4.78, 5) is 0. The SMILES string of the molecule is OCc1nn2c(c1Br)N[C@@H](c1ccccc1)C[C@H]2C(F)(F)F. The molecule has 0 aliphatic carbocycles. The monoisotopic (exact) mass is 375 g/mol. The van der Waals surface area contributed by atoms with Crippen LogP contribution in [0.5, 0.6) is 0 Å². The van der Waals surface area contributed by atoms with Gasteiger partial charge >= 0.3 is 6.18 Å². The molecule has 4 nitrogen and oxygen atoms in total. The minimum atomic E-state index is -4.41. The van der Waals surface area contributed by atoms with Gasteiger partial charge in [-0.25, -0.2) is 4.68 Å². The Balaban J connectivity index is 2.06. The van der Waals surface area contributed by atoms with E-state index in [1.165, 1.54) is 0 Å². The zero-order chi connectivity index (χ0) is 15.9. The fourth-order valence-electron chi connectivity index (χ4n) is 2.64. The summed E-state index contributed by atoms with van der Waals surface area (Å²) >= 11 is 3.22. The first-order valence-electron chi connectivity index (χ1n) is 6.67. The summed E-state index contributed by atoms with van der Waals surface area (Å²) in [7, 11) is 0. The van der Waals surface area contributed by atoms with Gasteiger partial charge in [0.15, 0.2) is 6.04 Å². The molecule has 0 saturated heterocycles. The lowest BCUT2D eigenvalue weighted by Crippen LogP contribution is -2.35. The molecule has 2 atom stereocenters. The van der Waals surface area contributed by atoms with Gasteiger partial charge in [0, 0.05) is 6.42 Å². The van der Waals surface area contributed by atoms with Crippen LogP contribution >= 0.6 is 15.9 Å². The van der Waals surface area contributed by atoms with Gasteiger partial charge in [-0.1, -0.05) is 30.3 Å². The minimum Gasteiger partial charge on any atom is -0.390 e. The van der Waals surface area contributed by atoms with Crippen LogP contribution in [0.2, 0.25) is 0 Å². The molecule has 1 aliphatic heterocycles. The molecule has 2 heterocycles. The lowest BCUT2D eigenvalue weighted by Gasteiger charge is -2.33. The first-order valence-corrected chi connectivity index (χ1v) is 7.47. The van der Waals surface area contributed by atoms with E-state index in [9.17, 15) is 18.3 Å². The average molecular weight is 376 g/mol. The van der Waals surface area contributed by atoms with Gasteiger partial charge in [0.2, 0.25) is 0 Å². The number of hydrogen-bond acceptors (Lipinski definition) is 3. The Morgan fingerprint density at radius 3 is 2.59 bits per heavy atom. The van der Waals surface area contributed by atoms with Crippen molar-refractivity contribution in [3.05, 3.63) is 46.1 Å². The van der Waals surface area contributed by atoms with E-state index < -0.39 is 24.9 Å². The minimum absolute atomic E-state index is 0.153. The maximum Gasteiger partial charge on any atom is 0.410 e. The molecule has 0 amide bonds. The number of rotatable bonds is 2. The summed E-state index contributed by atoms with van der Waals surface area (Å²) in [6, 6.07) is 6.78. The Bertz CT molecular complexity index is 672. The van der Waals surface area contributed by atoms with Crippen LogP contribution in [0.1, 0.15) is 29.8 Å². The molecule has 1 aromatic carbocycles. The Morgan fingerprint density at radius 2 is 2.00 bits per heavy atom. The van der Waals surface area contributed by atoms with Crippen molar-refractivity contribution in [3.8, 4) is 0 Å². The molecule has 1 aromatic heterocycles. The van der Waals surface area contributed by atoms with Crippen molar-refractivity contribution >= 4 is 21.7 Å². The van der Waals surface area contributed by atoms with Crippen molar-refractivity contribution in [3.63, 3.8) is 0 Å². The van der Waals surface area contributed by atoms with Crippen molar-refractivity contribution in [1.82, 2.24) is 9.78 Å². The fourth-order valence-corrected chi connectivity index (χ4v) is 3.14. The number of benzene rings is 1. The first kappa shape index (κ1) is 15.4. The van der Waals surface area contributed by atoms with Crippen molar-refractivity contribution < 1.29 is 18.3 Å². The first-order chi connectivity index (χ1) is 10.4. The summed E-state index contributed by atoms with van der Waals surface area (Å²) in [5.74, 6) is 0.242. The highest BCUT2D eigenvalue weighted by Crippen LogP contribution is 2.46. The predicted octanol–water partition coefficient (Wildman–Crippen LogP) is 3.80. The van der Waals surface area contributed by atoms with E-state index in [-0.39, 0.29) is 17.9 Å². The van der Waals surface area contributed by atoms with Gasteiger partial charge in [-0.2, -0.15) is 18.3 Å². The van der Waals surface area contributed by atoms with Crippen molar-refractivity contribution in [1.29, 1.82) is 0 Å². The third-order valence-electron chi connectivity index (χ3n) is 3.71. The lowest BCUT2D eigenvalue weighted by molar-refractivity contribution is -0.173. The Kier molecular flexibility index (Phi) is 3.90. The lowest BCUT2D eigenvalue weighted by atomic mass is 9.97. The highest BCUT2D eigenvalue weighted by Gasteiger charge is 2.47. The van der Waals surface area contributed by atoms with E-state index in [1.54, 1.807) is 24.3 Å². The van der Waals surface area contributed by atoms with Crippen molar-refractivity contribution in [2.45, 2.75) is 31.3 Å². The van der Waals surface area contributed by atoms with E-state index in [4.69, 9.17) is 0 Å². The van der Waals surface area contributed by atoms with E-state index in [2.05, 4.69) is 26.3 Å². The van der Waals surface area contributed by atoms with Gasteiger partial charge in [-0.05, 0) is 21.5 Å². The summed E-state index contributed by atoms with van der Waals surface area (Å²) < 4.78 is 41.4. The molecule has 3 rings (SSSR count). The number of nitrogens with one attached hydrogen (secondary N) is 1. The number of nitrogens with zero attached hydrogens (tertiary/aromatic N) is 2. The van der Waals surface area contributed by atoms with Crippen molar-refractivity contribution in [2.75, 3.05) is 5.32 Å². The van der Waals surface area contributed by atoms with Crippen molar-refractivity contribution in [2.24, 2.45) is 0 Å². The van der Waals surface area contributed by atoms with Crippen LogP contribution in [0.3, 0.4) is 0 Å². The molecule has 22 heavy (non-hydrogen) atoms. The van der Waals surface area contributed by atoms with Gasteiger partial charge in [-0.15, -0.1) is 0 Å². The quantitative estimate of drug-likeness (QED) is 0.839. The van der Waals surface area contributed by atoms with Crippen LogP contribution in [-0.2, 0) is 6.61 Å². The topological polar surface area (TPSA) is 50.1 Å². The second-order valence-corrected chi connectivity index (χ2v) is 5.91. The maximum absolute atomic E-state index is 13.4. The van der Waals surface area contributed by atoms with E-state index in [1.807, 2.05) is 6.07 Å². The molecule has 0 fully saturated rings. The standard InChI is InChI=1S/C14H13BrF3N3O/c15-12-10(7-22)20-21-11(14(16,17)18)6-9(19-13(12)21)8-4-2-1-3-5-8/h1-5,9,11,19,22H,6-7H2/t9-,11+/m1/s1. The van der Waals surface area contributed by atoms with Gasteiger partial charge < -0.3 is 10.4 Å². The smallest absolute Gasteiger partial charge is 0.390 e. The Labute approximate surface area is 133 Å². The number of aliphatic hydroxyl groups excluding tert-OH is 1. The molecule has 0 unspecified atom stereocenters. The third kappa shape index (κ3) is 2.61. The zero-order valence-electron chi connectivity index (χ0n) is 11.3. The number of fused-ring (bicyclic) bond motifs is 1. The average Bonchev–Trinajstić information content (AvgIpc) is 2.83.